The fraction of sp³-hybridized carbons (Fsp3) is 0.667. The molecular weight excluding hydrogens is 222 g/mol. The number of pyridine rings is 1. The minimum absolute atomic E-state index is 0.424. The zero-order chi connectivity index (χ0) is 12.5. The highest BCUT2D eigenvalue weighted by atomic mass is 15.2. The molecule has 1 aromatic rings. The van der Waals surface area contributed by atoms with Crippen molar-refractivity contribution in [3.63, 3.8) is 0 Å². The lowest BCUT2D eigenvalue weighted by Gasteiger charge is -2.37. The van der Waals surface area contributed by atoms with Gasteiger partial charge in [0.25, 0.3) is 0 Å². The van der Waals surface area contributed by atoms with Crippen LogP contribution >= 0.6 is 0 Å². The molecule has 2 N–H and O–H groups in total. The van der Waals surface area contributed by atoms with Crippen LogP contribution in [0.4, 0.5) is 0 Å². The standard InChI is InChI=1S/C15H23N3/c1-2-11-4-3-7-17-15(11)10-18-13-5-6-14(18)9-12(16)8-13/h3-4,7,12-14H,2,5-6,8-10,16H2,1H3. The molecule has 98 valence electrons. The van der Waals surface area contributed by atoms with E-state index in [1.54, 1.807) is 0 Å². The van der Waals surface area contributed by atoms with Gasteiger partial charge in [-0.3, -0.25) is 9.88 Å². The van der Waals surface area contributed by atoms with Crippen LogP contribution in [0.3, 0.4) is 0 Å². The normalized spacial score (nSPS) is 31.8. The number of hydrogen-bond donors (Lipinski definition) is 1. The van der Waals surface area contributed by atoms with Crippen molar-refractivity contribution in [2.24, 2.45) is 5.73 Å². The number of aryl methyl sites for hydroxylation is 1. The predicted molar refractivity (Wildman–Crippen MR) is 73.2 cm³/mol. The Morgan fingerprint density at radius 3 is 2.72 bits per heavy atom. The second-order valence-electron chi connectivity index (χ2n) is 5.75. The first kappa shape index (κ1) is 12.1. The fourth-order valence-corrected chi connectivity index (χ4v) is 3.68. The van der Waals surface area contributed by atoms with Gasteiger partial charge in [0.2, 0.25) is 0 Å². The average molecular weight is 245 g/mol. The number of nitrogens with two attached hydrogens (primary N) is 1. The van der Waals surface area contributed by atoms with E-state index in [0.717, 1.165) is 13.0 Å². The Hall–Kier alpha value is -0.930. The second kappa shape index (κ2) is 4.98. The van der Waals surface area contributed by atoms with Crippen LogP contribution in [0.5, 0.6) is 0 Å². The van der Waals surface area contributed by atoms with Gasteiger partial charge in [-0.25, -0.2) is 0 Å². The SMILES string of the molecule is CCc1cccnc1CN1C2CCC1CC(N)C2. The lowest BCUT2D eigenvalue weighted by atomic mass is 9.97. The summed E-state index contributed by atoms with van der Waals surface area (Å²) in [5.41, 5.74) is 8.79. The molecule has 2 atom stereocenters. The van der Waals surface area contributed by atoms with Crippen LogP contribution < -0.4 is 5.73 Å². The van der Waals surface area contributed by atoms with Crippen LogP contribution in [0.25, 0.3) is 0 Å². The lowest BCUT2D eigenvalue weighted by Crippen LogP contribution is -2.47. The van der Waals surface area contributed by atoms with Gasteiger partial charge in [0.1, 0.15) is 0 Å². The number of aromatic nitrogens is 1. The smallest absolute Gasteiger partial charge is 0.0575 e. The van der Waals surface area contributed by atoms with E-state index in [2.05, 4.69) is 22.9 Å². The summed E-state index contributed by atoms with van der Waals surface area (Å²) in [6.45, 7) is 3.23. The van der Waals surface area contributed by atoms with Gasteiger partial charge in [-0.2, -0.15) is 0 Å². The number of fused-ring (bicyclic) bond motifs is 2. The first-order valence-electron chi connectivity index (χ1n) is 7.22. The molecule has 1 aromatic heterocycles. The molecule has 0 amide bonds. The van der Waals surface area contributed by atoms with Crippen molar-refractivity contribution in [1.82, 2.24) is 9.88 Å². The highest BCUT2D eigenvalue weighted by Gasteiger charge is 2.39. The molecule has 3 heterocycles. The molecule has 2 saturated heterocycles. The summed E-state index contributed by atoms with van der Waals surface area (Å²) in [6.07, 6.45) is 7.99. The van der Waals surface area contributed by atoms with E-state index in [-0.39, 0.29) is 0 Å². The largest absolute Gasteiger partial charge is 0.328 e. The van der Waals surface area contributed by atoms with Gasteiger partial charge in [0, 0.05) is 30.9 Å². The van der Waals surface area contributed by atoms with E-state index in [4.69, 9.17) is 5.73 Å². The molecule has 0 saturated carbocycles. The number of nitrogens with zero attached hydrogens (tertiary/aromatic N) is 2. The minimum Gasteiger partial charge on any atom is -0.328 e. The summed E-state index contributed by atoms with van der Waals surface area (Å²) >= 11 is 0. The zero-order valence-corrected chi connectivity index (χ0v) is 11.2. The Kier molecular flexibility index (Phi) is 3.35. The Morgan fingerprint density at radius 1 is 1.33 bits per heavy atom. The van der Waals surface area contributed by atoms with Crippen LogP contribution in [0, 0.1) is 0 Å². The summed E-state index contributed by atoms with van der Waals surface area (Å²) in [5, 5.41) is 0. The zero-order valence-electron chi connectivity index (χ0n) is 11.2. The number of rotatable bonds is 3. The highest BCUT2D eigenvalue weighted by Crippen LogP contribution is 2.36. The first-order chi connectivity index (χ1) is 8.78. The Balaban J connectivity index is 1.77. The summed E-state index contributed by atoms with van der Waals surface area (Å²) in [5.74, 6) is 0. The second-order valence-corrected chi connectivity index (χ2v) is 5.75. The van der Waals surface area contributed by atoms with Gasteiger partial charge in [-0.05, 0) is 43.7 Å². The molecular formula is C15H23N3. The molecule has 18 heavy (non-hydrogen) atoms. The summed E-state index contributed by atoms with van der Waals surface area (Å²) < 4.78 is 0. The molecule has 0 aliphatic carbocycles. The van der Waals surface area contributed by atoms with Gasteiger partial charge < -0.3 is 5.73 Å². The lowest BCUT2D eigenvalue weighted by molar-refractivity contribution is 0.118. The van der Waals surface area contributed by atoms with Crippen molar-refractivity contribution in [2.75, 3.05) is 0 Å². The Bertz CT molecular complexity index is 404. The third-order valence-electron chi connectivity index (χ3n) is 4.62. The quantitative estimate of drug-likeness (QED) is 0.886. The summed E-state index contributed by atoms with van der Waals surface area (Å²) in [4.78, 5) is 7.24. The van der Waals surface area contributed by atoms with Crippen LogP contribution in [-0.4, -0.2) is 28.0 Å². The average Bonchev–Trinajstić information content (AvgIpc) is 2.62. The van der Waals surface area contributed by atoms with E-state index in [9.17, 15) is 0 Å². The molecule has 2 fully saturated rings. The van der Waals surface area contributed by atoms with Crippen LogP contribution in [0.2, 0.25) is 0 Å². The maximum absolute atomic E-state index is 6.12. The van der Waals surface area contributed by atoms with Crippen molar-refractivity contribution >= 4 is 0 Å². The molecule has 3 rings (SSSR count). The monoisotopic (exact) mass is 245 g/mol. The van der Waals surface area contributed by atoms with Crippen molar-refractivity contribution < 1.29 is 0 Å². The topological polar surface area (TPSA) is 42.2 Å². The van der Waals surface area contributed by atoms with Gasteiger partial charge in [-0.1, -0.05) is 13.0 Å². The van der Waals surface area contributed by atoms with Crippen molar-refractivity contribution in [3.8, 4) is 0 Å². The first-order valence-corrected chi connectivity index (χ1v) is 7.22. The number of hydrogen-bond acceptors (Lipinski definition) is 3. The fourth-order valence-electron chi connectivity index (χ4n) is 3.68. The third kappa shape index (κ3) is 2.17. The van der Waals surface area contributed by atoms with E-state index >= 15 is 0 Å². The molecule has 2 bridgehead atoms. The van der Waals surface area contributed by atoms with Gasteiger partial charge in [0.15, 0.2) is 0 Å². The van der Waals surface area contributed by atoms with Crippen LogP contribution in [0.1, 0.15) is 43.9 Å². The molecule has 3 nitrogen and oxygen atoms in total. The molecule has 0 spiro atoms. The molecule has 0 aromatic carbocycles. The van der Waals surface area contributed by atoms with Gasteiger partial charge >= 0.3 is 0 Å². The van der Waals surface area contributed by atoms with Crippen molar-refractivity contribution in [2.45, 2.75) is 63.7 Å². The molecule has 2 aliphatic rings. The highest BCUT2D eigenvalue weighted by molar-refractivity contribution is 5.20. The van der Waals surface area contributed by atoms with Gasteiger partial charge in [-0.15, -0.1) is 0 Å². The van der Waals surface area contributed by atoms with E-state index in [0.29, 0.717) is 18.1 Å². The van der Waals surface area contributed by atoms with E-state index < -0.39 is 0 Å². The van der Waals surface area contributed by atoms with Crippen molar-refractivity contribution in [3.05, 3.63) is 29.6 Å². The maximum Gasteiger partial charge on any atom is 0.0575 e. The van der Waals surface area contributed by atoms with Gasteiger partial charge in [0.05, 0.1) is 5.69 Å². The maximum atomic E-state index is 6.12. The molecule has 2 aliphatic heterocycles. The molecule has 3 heteroatoms. The molecule has 0 radical (unpaired) electrons. The van der Waals surface area contributed by atoms with Crippen LogP contribution in [0.15, 0.2) is 18.3 Å². The third-order valence-corrected chi connectivity index (χ3v) is 4.62. The predicted octanol–water partition coefficient (Wildman–Crippen LogP) is 2.10. The number of piperidine rings is 1. The minimum atomic E-state index is 0.424. The summed E-state index contributed by atoms with van der Waals surface area (Å²) in [7, 11) is 0. The van der Waals surface area contributed by atoms with Crippen LogP contribution in [-0.2, 0) is 13.0 Å². The molecule has 2 unspecified atom stereocenters. The Morgan fingerprint density at radius 2 is 2.06 bits per heavy atom. The van der Waals surface area contributed by atoms with E-state index in [1.165, 1.54) is 36.9 Å². The van der Waals surface area contributed by atoms with Crippen molar-refractivity contribution in [1.29, 1.82) is 0 Å². The summed E-state index contributed by atoms with van der Waals surface area (Å²) in [6, 6.07) is 6.08. The Labute approximate surface area is 109 Å². The van der Waals surface area contributed by atoms with E-state index in [1.807, 2.05) is 12.3 Å².